The van der Waals surface area contributed by atoms with Gasteiger partial charge in [0.1, 0.15) is 11.3 Å². The second kappa shape index (κ2) is 8.89. The van der Waals surface area contributed by atoms with Gasteiger partial charge < -0.3 is 9.84 Å². The van der Waals surface area contributed by atoms with Gasteiger partial charge >= 0.3 is 11.9 Å². The Labute approximate surface area is 175 Å². The summed E-state index contributed by atoms with van der Waals surface area (Å²) in [5.74, 6) is -0.0284. The molecule has 2 heterocycles. The second-order valence-electron chi connectivity index (χ2n) is 9.03. The molecule has 9 nitrogen and oxygen atoms in total. The fourth-order valence-corrected chi connectivity index (χ4v) is 3.81. The Hall–Kier alpha value is -2.84. The quantitative estimate of drug-likeness (QED) is 0.714. The highest BCUT2D eigenvalue weighted by molar-refractivity contribution is 5.86. The van der Waals surface area contributed by atoms with E-state index in [4.69, 9.17) is 4.74 Å². The molecule has 0 saturated heterocycles. The third-order valence-electron chi connectivity index (χ3n) is 5.15. The van der Waals surface area contributed by atoms with Crippen LogP contribution in [-0.2, 0) is 16.1 Å². The lowest BCUT2D eigenvalue weighted by Crippen LogP contribution is -2.27. The van der Waals surface area contributed by atoms with Gasteiger partial charge in [-0.05, 0) is 82.6 Å². The van der Waals surface area contributed by atoms with Crippen LogP contribution in [0.5, 0.6) is 0 Å². The summed E-state index contributed by atoms with van der Waals surface area (Å²) in [5, 5.41) is 21.8. The van der Waals surface area contributed by atoms with Gasteiger partial charge in [-0.2, -0.15) is 4.80 Å². The number of carboxylic acids is 1. The highest BCUT2D eigenvalue weighted by Crippen LogP contribution is 2.32. The molecule has 0 unspecified atom stereocenters. The Morgan fingerprint density at radius 1 is 1.17 bits per heavy atom. The van der Waals surface area contributed by atoms with Crippen LogP contribution in [0.2, 0.25) is 0 Å². The lowest BCUT2D eigenvalue weighted by molar-refractivity contribution is -0.156. The minimum absolute atomic E-state index is 0.0374. The molecule has 0 spiro atoms. The summed E-state index contributed by atoms with van der Waals surface area (Å²) in [5.41, 5.74) is 0.699. The fraction of sp³-hybridized carbons (Fsp3) is 0.619. The Balaban J connectivity index is 1.54. The van der Waals surface area contributed by atoms with E-state index in [2.05, 4.69) is 20.4 Å². The van der Waals surface area contributed by atoms with E-state index < -0.39 is 11.6 Å². The summed E-state index contributed by atoms with van der Waals surface area (Å²) in [6.45, 7) is 8.04. The third kappa shape index (κ3) is 6.08. The number of pyridine rings is 1. The molecule has 0 radical (unpaired) electrons. The predicted molar refractivity (Wildman–Crippen MR) is 109 cm³/mol. The van der Waals surface area contributed by atoms with Crippen LogP contribution in [0.1, 0.15) is 69.1 Å². The maximum Gasteiger partial charge on any atom is 0.354 e. The first-order chi connectivity index (χ1) is 14.1. The number of tetrazole rings is 1. The van der Waals surface area contributed by atoms with Crippen LogP contribution in [0.15, 0.2) is 12.1 Å². The van der Waals surface area contributed by atoms with Crippen LogP contribution in [-0.4, -0.2) is 47.8 Å². The van der Waals surface area contributed by atoms with E-state index in [1.165, 1.54) is 6.07 Å². The number of carboxylic acid groups (broad SMARTS) is 1. The van der Waals surface area contributed by atoms with Crippen LogP contribution < -0.4 is 0 Å². The van der Waals surface area contributed by atoms with E-state index in [0.29, 0.717) is 41.9 Å². The molecule has 1 aliphatic carbocycles. The first-order valence-electron chi connectivity index (χ1n) is 10.3. The number of aryl methyl sites for hydroxylation is 1. The molecule has 3 rings (SSSR count). The van der Waals surface area contributed by atoms with Gasteiger partial charge in [0, 0.05) is 17.7 Å². The number of hydrogen-bond acceptors (Lipinski definition) is 7. The van der Waals surface area contributed by atoms with Crippen molar-refractivity contribution in [2.75, 3.05) is 0 Å². The Bertz CT molecular complexity index is 910. The van der Waals surface area contributed by atoms with Crippen LogP contribution in [0.4, 0.5) is 0 Å². The lowest BCUT2D eigenvalue weighted by Gasteiger charge is -2.28. The number of esters is 1. The van der Waals surface area contributed by atoms with Crippen molar-refractivity contribution in [1.82, 2.24) is 25.2 Å². The van der Waals surface area contributed by atoms with Gasteiger partial charge in [-0.25, -0.2) is 9.78 Å². The maximum atomic E-state index is 12.0. The second-order valence-corrected chi connectivity index (χ2v) is 9.03. The highest BCUT2D eigenvalue weighted by atomic mass is 16.6. The number of carbonyl (C=O) groups is 2. The lowest BCUT2D eigenvalue weighted by atomic mass is 9.80. The molecule has 0 amide bonds. The monoisotopic (exact) mass is 415 g/mol. The van der Waals surface area contributed by atoms with Gasteiger partial charge in [0.25, 0.3) is 0 Å². The first kappa shape index (κ1) is 21.9. The molecule has 0 atom stereocenters. The minimum atomic E-state index is -1.09. The van der Waals surface area contributed by atoms with E-state index >= 15 is 0 Å². The third-order valence-corrected chi connectivity index (χ3v) is 5.15. The summed E-state index contributed by atoms with van der Waals surface area (Å²) in [7, 11) is 0. The van der Waals surface area contributed by atoms with Gasteiger partial charge in [0.15, 0.2) is 0 Å². The predicted octanol–water partition coefficient (Wildman–Crippen LogP) is 3.28. The minimum Gasteiger partial charge on any atom is -0.477 e. The van der Waals surface area contributed by atoms with Crippen molar-refractivity contribution in [2.24, 2.45) is 11.8 Å². The van der Waals surface area contributed by atoms with E-state index in [-0.39, 0.29) is 11.7 Å². The molecular formula is C21H29N5O4. The van der Waals surface area contributed by atoms with Crippen LogP contribution in [0.25, 0.3) is 11.4 Å². The average molecular weight is 415 g/mol. The maximum absolute atomic E-state index is 12.0. The Morgan fingerprint density at radius 2 is 1.83 bits per heavy atom. The molecule has 2 aromatic heterocycles. The largest absolute Gasteiger partial charge is 0.477 e. The number of aromatic carboxylic acids is 1. The number of hydrogen-bond donors (Lipinski definition) is 1. The molecule has 0 aliphatic heterocycles. The highest BCUT2D eigenvalue weighted by Gasteiger charge is 2.26. The number of ether oxygens (including phenoxy) is 1. The zero-order chi connectivity index (χ0) is 21.9. The molecule has 0 aromatic carbocycles. The molecule has 162 valence electrons. The summed E-state index contributed by atoms with van der Waals surface area (Å²) >= 11 is 0. The first-order valence-corrected chi connectivity index (χ1v) is 10.3. The SMILES string of the molecule is Cc1cc(-c2nnn(CC3CCC(CC(=O)OC(C)(C)C)CC3)n2)cc(C(=O)O)n1. The zero-order valence-electron chi connectivity index (χ0n) is 18.0. The molecule has 0 bridgehead atoms. The number of aromatic nitrogens is 5. The van der Waals surface area contributed by atoms with Gasteiger partial charge in [-0.15, -0.1) is 10.2 Å². The molecule has 9 heteroatoms. The van der Waals surface area contributed by atoms with Gasteiger partial charge in [-0.1, -0.05) is 0 Å². The molecule has 1 saturated carbocycles. The molecule has 1 fully saturated rings. The van der Waals surface area contributed by atoms with Crippen molar-refractivity contribution in [2.45, 2.75) is 71.9 Å². The number of carbonyl (C=O) groups excluding carboxylic acids is 1. The van der Waals surface area contributed by atoms with Crippen molar-refractivity contribution in [3.8, 4) is 11.4 Å². The molecule has 30 heavy (non-hydrogen) atoms. The summed E-state index contributed by atoms with van der Waals surface area (Å²) in [6.07, 6.45) is 4.45. The summed E-state index contributed by atoms with van der Waals surface area (Å²) in [6, 6.07) is 3.20. The Kier molecular flexibility index (Phi) is 6.48. The van der Waals surface area contributed by atoms with E-state index in [0.717, 1.165) is 25.7 Å². The van der Waals surface area contributed by atoms with E-state index in [1.54, 1.807) is 17.8 Å². The fourth-order valence-electron chi connectivity index (χ4n) is 3.81. The zero-order valence-corrected chi connectivity index (χ0v) is 18.0. The smallest absolute Gasteiger partial charge is 0.354 e. The van der Waals surface area contributed by atoms with Crippen molar-refractivity contribution in [1.29, 1.82) is 0 Å². The van der Waals surface area contributed by atoms with Gasteiger partial charge in [0.05, 0.1) is 6.54 Å². The van der Waals surface area contributed by atoms with Crippen molar-refractivity contribution >= 4 is 11.9 Å². The molecule has 1 N–H and O–H groups in total. The normalized spacial score (nSPS) is 19.5. The average Bonchev–Trinajstić information content (AvgIpc) is 3.10. The number of nitrogens with zero attached hydrogens (tertiary/aromatic N) is 5. The van der Waals surface area contributed by atoms with Crippen LogP contribution in [0, 0.1) is 18.8 Å². The van der Waals surface area contributed by atoms with Gasteiger partial charge in [0.2, 0.25) is 5.82 Å². The number of rotatable bonds is 6. The standard InChI is InChI=1S/C21H29N5O4/c1-13-9-16(11-17(22-13)20(28)29)19-23-25-26(24-19)12-15-7-5-14(6-8-15)10-18(27)30-21(2,3)4/h9,11,14-15H,5-8,10,12H2,1-4H3,(H,28,29). The molecule has 2 aromatic rings. The van der Waals surface area contributed by atoms with Crippen molar-refractivity contribution in [3.63, 3.8) is 0 Å². The van der Waals surface area contributed by atoms with E-state index in [9.17, 15) is 14.7 Å². The summed E-state index contributed by atoms with van der Waals surface area (Å²) < 4.78 is 5.43. The topological polar surface area (TPSA) is 120 Å². The molecular weight excluding hydrogens is 386 g/mol. The van der Waals surface area contributed by atoms with Gasteiger partial charge in [-0.3, -0.25) is 4.79 Å². The van der Waals surface area contributed by atoms with Crippen molar-refractivity contribution < 1.29 is 19.4 Å². The summed E-state index contributed by atoms with van der Waals surface area (Å²) in [4.78, 5) is 28.8. The van der Waals surface area contributed by atoms with Crippen LogP contribution in [0.3, 0.4) is 0 Å². The van der Waals surface area contributed by atoms with Crippen molar-refractivity contribution in [3.05, 3.63) is 23.5 Å². The molecule has 1 aliphatic rings. The van der Waals surface area contributed by atoms with E-state index in [1.807, 2.05) is 20.8 Å². The van der Waals surface area contributed by atoms with Crippen LogP contribution >= 0.6 is 0 Å². The Morgan fingerprint density at radius 3 is 2.47 bits per heavy atom.